The maximum absolute atomic E-state index is 2.62. The first-order chi connectivity index (χ1) is 7.27. The van der Waals surface area contributed by atoms with Gasteiger partial charge in [0.1, 0.15) is 0 Å². The molecule has 2 nitrogen and oxygen atoms in total. The van der Waals surface area contributed by atoms with E-state index in [0.717, 1.165) is 6.42 Å². The van der Waals surface area contributed by atoms with Crippen molar-refractivity contribution in [1.29, 1.82) is 0 Å². The second-order valence-electron chi connectivity index (χ2n) is 4.68. The van der Waals surface area contributed by atoms with E-state index < -0.39 is 0 Å². The highest BCUT2D eigenvalue weighted by Crippen LogP contribution is 2.27. The Labute approximate surface area is 93.2 Å². The summed E-state index contributed by atoms with van der Waals surface area (Å²) in [5.41, 5.74) is 0.222. The van der Waals surface area contributed by atoms with E-state index in [1.54, 1.807) is 0 Å². The summed E-state index contributed by atoms with van der Waals surface area (Å²) in [7, 11) is 2.21. The second-order valence-corrected chi connectivity index (χ2v) is 4.68. The third-order valence-corrected chi connectivity index (χ3v) is 3.74. The maximum Gasteiger partial charge on any atom is 0.0573 e. The van der Waals surface area contributed by atoms with Crippen LogP contribution in [-0.2, 0) is 0 Å². The molecule has 0 aromatic heterocycles. The minimum atomic E-state index is 0.222. The fourth-order valence-corrected chi connectivity index (χ4v) is 2.57. The van der Waals surface area contributed by atoms with Gasteiger partial charge in [-0.2, -0.15) is 0 Å². The zero-order valence-corrected chi connectivity index (χ0v) is 9.95. The molecular formula is C13H22N2. The minimum absolute atomic E-state index is 0.222. The van der Waals surface area contributed by atoms with Crippen molar-refractivity contribution in [3.05, 3.63) is 24.3 Å². The summed E-state index contributed by atoms with van der Waals surface area (Å²) in [6.45, 7) is 7.07. The van der Waals surface area contributed by atoms with Crippen LogP contribution >= 0.6 is 0 Å². The molecule has 15 heavy (non-hydrogen) atoms. The highest BCUT2D eigenvalue weighted by molar-refractivity contribution is 5.24. The molecule has 1 aliphatic carbocycles. The predicted octanol–water partition coefficient (Wildman–Crippen LogP) is 1.90. The SMILES string of the molecule is CCC1(N2CCN(C)CC2)C=CCC=C1. The summed E-state index contributed by atoms with van der Waals surface area (Å²) in [5, 5.41) is 0. The first kappa shape index (κ1) is 10.9. The molecule has 0 radical (unpaired) electrons. The molecule has 0 amide bonds. The van der Waals surface area contributed by atoms with E-state index in [-0.39, 0.29) is 5.54 Å². The lowest BCUT2D eigenvalue weighted by Crippen LogP contribution is -2.54. The Morgan fingerprint density at radius 1 is 1.07 bits per heavy atom. The van der Waals surface area contributed by atoms with Gasteiger partial charge in [0, 0.05) is 26.2 Å². The first-order valence-electron chi connectivity index (χ1n) is 6.06. The van der Waals surface area contributed by atoms with Crippen molar-refractivity contribution in [2.24, 2.45) is 0 Å². The third-order valence-electron chi connectivity index (χ3n) is 3.74. The van der Waals surface area contributed by atoms with Crippen molar-refractivity contribution in [3.8, 4) is 0 Å². The molecule has 2 rings (SSSR count). The van der Waals surface area contributed by atoms with Crippen LogP contribution in [-0.4, -0.2) is 48.6 Å². The van der Waals surface area contributed by atoms with Gasteiger partial charge in [-0.25, -0.2) is 0 Å². The summed E-state index contributed by atoms with van der Waals surface area (Å²) in [4.78, 5) is 5.04. The molecule has 2 aliphatic rings. The van der Waals surface area contributed by atoms with Crippen molar-refractivity contribution in [2.75, 3.05) is 33.2 Å². The van der Waals surface area contributed by atoms with Crippen LogP contribution < -0.4 is 0 Å². The highest BCUT2D eigenvalue weighted by Gasteiger charge is 2.32. The van der Waals surface area contributed by atoms with Gasteiger partial charge in [0.2, 0.25) is 0 Å². The van der Waals surface area contributed by atoms with Crippen molar-refractivity contribution in [2.45, 2.75) is 25.3 Å². The number of hydrogen-bond donors (Lipinski definition) is 0. The Balaban J connectivity index is 2.09. The molecule has 0 atom stereocenters. The van der Waals surface area contributed by atoms with Gasteiger partial charge < -0.3 is 4.90 Å². The summed E-state index contributed by atoms with van der Waals surface area (Å²) < 4.78 is 0. The molecule has 1 heterocycles. The molecule has 84 valence electrons. The van der Waals surface area contributed by atoms with Gasteiger partial charge >= 0.3 is 0 Å². The molecule has 0 aromatic rings. The molecule has 1 fully saturated rings. The van der Waals surface area contributed by atoms with Gasteiger partial charge in [0.05, 0.1) is 5.54 Å². The molecule has 0 spiro atoms. The smallest absolute Gasteiger partial charge is 0.0573 e. The molecule has 0 bridgehead atoms. The van der Waals surface area contributed by atoms with Crippen LogP contribution in [0, 0.1) is 0 Å². The predicted molar refractivity (Wildman–Crippen MR) is 65.0 cm³/mol. The van der Waals surface area contributed by atoms with E-state index in [0.29, 0.717) is 0 Å². The Hall–Kier alpha value is -0.600. The third kappa shape index (κ3) is 2.16. The minimum Gasteiger partial charge on any atom is -0.304 e. The summed E-state index contributed by atoms with van der Waals surface area (Å²) >= 11 is 0. The lowest BCUT2D eigenvalue weighted by molar-refractivity contribution is 0.0918. The molecule has 0 saturated carbocycles. The number of nitrogens with zero attached hydrogens (tertiary/aromatic N) is 2. The lowest BCUT2D eigenvalue weighted by Gasteiger charge is -2.44. The maximum atomic E-state index is 2.62. The summed E-state index contributed by atoms with van der Waals surface area (Å²) in [5.74, 6) is 0. The average Bonchev–Trinajstić information content (AvgIpc) is 2.31. The van der Waals surface area contributed by atoms with Gasteiger partial charge in [0.25, 0.3) is 0 Å². The average molecular weight is 206 g/mol. The normalized spacial score (nSPS) is 27.1. The number of likely N-dealkylation sites (N-methyl/N-ethyl adjacent to an activating group) is 1. The van der Waals surface area contributed by atoms with Crippen molar-refractivity contribution >= 4 is 0 Å². The molecule has 1 aliphatic heterocycles. The van der Waals surface area contributed by atoms with Crippen LogP contribution in [0.1, 0.15) is 19.8 Å². The molecule has 0 aromatic carbocycles. The standard InChI is InChI=1S/C13H22N2/c1-3-13(7-5-4-6-8-13)15-11-9-14(2)10-12-15/h5-8H,3-4,9-12H2,1-2H3. The van der Waals surface area contributed by atoms with Crippen molar-refractivity contribution < 1.29 is 0 Å². The molecule has 0 unspecified atom stereocenters. The van der Waals surface area contributed by atoms with Gasteiger partial charge in [-0.05, 0) is 19.9 Å². The van der Waals surface area contributed by atoms with Crippen LogP contribution in [0.3, 0.4) is 0 Å². The van der Waals surface area contributed by atoms with Crippen LogP contribution in [0.4, 0.5) is 0 Å². The van der Waals surface area contributed by atoms with E-state index in [1.165, 1.54) is 32.6 Å². The van der Waals surface area contributed by atoms with Gasteiger partial charge in [0.15, 0.2) is 0 Å². The van der Waals surface area contributed by atoms with Crippen LogP contribution in [0.15, 0.2) is 24.3 Å². The molecule has 2 heteroatoms. The van der Waals surface area contributed by atoms with Gasteiger partial charge in [-0.15, -0.1) is 0 Å². The Morgan fingerprint density at radius 3 is 2.20 bits per heavy atom. The number of rotatable bonds is 2. The zero-order valence-electron chi connectivity index (χ0n) is 9.95. The van der Waals surface area contributed by atoms with Crippen molar-refractivity contribution in [3.63, 3.8) is 0 Å². The van der Waals surface area contributed by atoms with Crippen LogP contribution in [0.2, 0.25) is 0 Å². The van der Waals surface area contributed by atoms with E-state index in [9.17, 15) is 0 Å². The number of allylic oxidation sites excluding steroid dienone is 2. The Kier molecular flexibility index (Phi) is 3.27. The van der Waals surface area contributed by atoms with Crippen LogP contribution in [0.5, 0.6) is 0 Å². The monoisotopic (exact) mass is 206 g/mol. The fraction of sp³-hybridized carbons (Fsp3) is 0.692. The fourth-order valence-electron chi connectivity index (χ4n) is 2.57. The van der Waals surface area contributed by atoms with Gasteiger partial charge in [-0.3, -0.25) is 4.90 Å². The largest absolute Gasteiger partial charge is 0.304 e. The number of piperazine rings is 1. The Bertz CT molecular complexity index is 248. The highest BCUT2D eigenvalue weighted by atomic mass is 15.3. The van der Waals surface area contributed by atoms with E-state index in [1.807, 2.05) is 0 Å². The van der Waals surface area contributed by atoms with E-state index >= 15 is 0 Å². The summed E-state index contributed by atoms with van der Waals surface area (Å²) in [6, 6.07) is 0. The second kappa shape index (κ2) is 4.50. The zero-order chi connectivity index (χ0) is 10.7. The molecule has 1 saturated heterocycles. The van der Waals surface area contributed by atoms with E-state index in [2.05, 4.69) is 48.1 Å². The molecule has 0 N–H and O–H groups in total. The lowest BCUT2D eigenvalue weighted by atomic mass is 9.88. The van der Waals surface area contributed by atoms with Crippen LogP contribution in [0.25, 0.3) is 0 Å². The quantitative estimate of drug-likeness (QED) is 0.637. The van der Waals surface area contributed by atoms with Crippen molar-refractivity contribution in [1.82, 2.24) is 9.80 Å². The topological polar surface area (TPSA) is 6.48 Å². The first-order valence-corrected chi connectivity index (χ1v) is 6.06. The summed E-state index contributed by atoms with van der Waals surface area (Å²) in [6.07, 6.45) is 11.7. The Morgan fingerprint density at radius 2 is 1.67 bits per heavy atom. The van der Waals surface area contributed by atoms with Gasteiger partial charge in [-0.1, -0.05) is 31.2 Å². The number of hydrogen-bond acceptors (Lipinski definition) is 2. The molecular weight excluding hydrogens is 184 g/mol. The van der Waals surface area contributed by atoms with E-state index in [4.69, 9.17) is 0 Å².